The van der Waals surface area contributed by atoms with E-state index in [1.165, 1.54) is 27.3 Å². The number of benzene rings is 1. The Morgan fingerprint density at radius 3 is 2.45 bits per heavy atom. The lowest BCUT2D eigenvalue weighted by atomic mass is 9.92. The summed E-state index contributed by atoms with van der Waals surface area (Å²) >= 11 is 3.17. The summed E-state index contributed by atoms with van der Waals surface area (Å²) in [7, 11) is 0. The average molecular weight is 453 g/mol. The Balaban J connectivity index is 1.65. The fraction of sp³-hybridized carbons (Fsp3) is 0.360. The van der Waals surface area contributed by atoms with Gasteiger partial charge in [0.25, 0.3) is 5.91 Å². The summed E-state index contributed by atoms with van der Waals surface area (Å²) in [5.41, 5.74) is 3.06. The third-order valence-corrected chi connectivity index (χ3v) is 7.61. The molecule has 3 aromatic rings. The second-order valence-electron chi connectivity index (χ2n) is 8.99. The predicted octanol–water partition coefficient (Wildman–Crippen LogP) is 5.53. The Morgan fingerprint density at radius 1 is 1.06 bits per heavy atom. The van der Waals surface area contributed by atoms with Crippen LogP contribution < -0.4 is 0 Å². The molecular formula is C25H28N2O2S2. The summed E-state index contributed by atoms with van der Waals surface area (Å²) in [6.45, 7) is 8.75. The number of thiophene rings is 2. The quantitative estimate of drug-likeness (QED) is 0.522. The summed E-state index contributed by atoms with van der Waals surface area (Å²) in [5.74, 6) is -0.0989. The third-order valence-electron chi connectivity index (χ3n) is 5.76. The number of amides is 2. The van der Waals surface area contributed by atoms with Gasteiger partial charge in [-0.2, -0.15) is 0 Å². The molecule has 6 heteroatoms. The minimum atomic E-state index is -0.459. The van der Waals surface area contributed by atoms with Crippen molar-refractivity contribution in [2.45, 2.75) is 45.7 Å². The molecule has 0 saturated heterocycles. The summed E-state index contributed by atoms with van der Waals surface area (Å²) in [6.07, 6.45) is 0.857. The van der Waals surface area contributed by atoms with Crippen molar-refractivity contribution in [3.8, 4) is 0 Å². The van der Waals surface area contributed by atoms with Crippen LogP contribution in [0.1, 0.15) is 58.1 Å². The van der Waals surface area contributed by atoms with Crippen LogP contribution in [0.3, 0.4) is 0 Å². The molecule has 4 rings (SSSR count). The first kappa shape index (κ1) is 21.8. The van der Waals surface area contributed by atoms with Crippen molar-refractivity contribution >= 4 is 34.5 Å². The molecule has 2 amide bonds. The second-order valence-corrected chi connectivity index (χ2v) is 10.9. The van der Waals surface area contributed by atoms with Crippen molar-refractivity contribution in [3.63, 3.8) is 0 Å². The number of carbonyl (C=O) groups is 2. The number of carbonyl (C=O) groups excluding carboxylic acids is 2. The first-order valence-corrected chi connectivity index (χ1v) is 12.3. The first-order valence-electron chi connectivity index (χ1n) is 10.5. The SMILES string of the molecule is Cc1ccc(C2c3ccsc3CCN2C(=O)CN(C(=O)c2cccs2)C(C)(C)C)cc1. The van der Waals surface area contributed by atoms with Crippen molar-refractivity contribution in [2.24, 2.45) is 0 Å². The summed E-state index contributed by atoms with van der Waals surface area (Å²) < 4.78 is 0. The van der Waals surface area contributed by atoms with Gasteiger partial charge in [0, 0.05) is 17.0 Å². The summed E-state index contributed by atoms with van der Waals surface area (Å²) in [6, 6.07) is 14.2. The largest absolute Gasteiger partial charge is 0.330 e. The van der Waals surface area contributed by atoms with E-state index in [0.717, 1.165) is 12.0 Å². The van der Waals surface area contributed by atoms with Crippen LogP contribution in [-0.4, -0.2) is 40.2 Å². The molecule has 0 saturated carbocycles. The Labute approximate surface area is 192 Å². The number of aryl methyl sites for hydroxylation is 1. The van der Waals surface area contributed by atoms with Gasteiger partial charge in [-0.25, -0.2) is 0 Å². The number of hydrogen-bond donors (Lipinski definition) is 0. The molecule has 2 aromatic heterocycles. The molecule has 0 spiro atoms. The summed E-state index contributed by atoms with van der Waals surface area (Å²) in [5, 5.41) is 4.01. The molecule has 0 fully saturated rings. The molecule has 1 aliphatic heterocycles. The first-order chi connectivity index (χ1) is 14.8. The highest BCUT2D eigenvalue weighted by Gasteiger charge is 2.36. The second kappa shape index (κ2) is 8.60. The van der Waals surface area contributed by atoms with Crippen LogP contribution in [-0.2, 0) is 11.2 Å². The van der Waals surface area contributed by atoms with Crippen molar-refractivity contribution in [1.82, 2.24) is 9.80 Å². The third kappa shape index (κ3) is 4.46. The van der Waals surface area contributed by atoms with Crippen molar-refractivity contribution in [1.29, 1.82) is 0 Å². The highest BCUT2D eigenvalue weighted by atomic mass is 32.1. The van der Waals surface area contributed by atoms with E-state index in [1.54, 1.807) is 16.2 Å². The van der Waals surface area contributed by atoms with Crippen LogP contribution in [0.25, 0.3) is 0 Å². The van der Waals surface area contributed by atoms with Crippen molar-refractivity contribution in [3.05, 3.63) is 79.7 Å². The van der Waals surface area contributed by atoms with Gasteiger partial charge in [0.15, 0.2) is 0 Å². The highest BCUT2D eigenvalue weighted by Crippen LogP contribution is 2.38. The molecule has 0 bridgehead atoms. The molecular weight excluding hydrogens is 424 g/mol. The van der Waals surface area contributed by atoms with Crippen molar-refractivity contribution < 1.29 is 9.59 Å². The van der Waals surface area contributed by atoms with E-state index in [9.17, 15) is 9.59 Å². The van der Waals surface area contributed by atoms with E-state index in [2.05, 4.69) is 42.6 Å². The predicted molar refractivity (Wildman–Crippen MR) is 128 cm³/mol. The van der Waals surface area contributed by atoms with Crippen LogP contribution in [0.4, 0.5) is 0 Å². The van der Waals surface area contributed by atoms with Gasteiger partial charge in [-0.1, -0.05) is 35.9 Å². The fourth-order valence-electron chi connectivity index (χ4n) is 4.07. The van der Waals surface area contributed by atoms with Crippen LogP contribution >= 0.6 is 22.7 Å². The van der Waals surface area contributed by atoms with E-state index < -0.39 is 5.54 Å². The lowest BCUT2D eigenvalue weighted by molar-refractivity contribution is -0.135. The van der Waals surface area contributed by atoms with Gasteiger partial charge in [-0.3, -0.25) is 9.59 Å². The molecule has 0 aliphatic carbocycles. The topological polar surface area (TPSA) is 40.6 Å². The van der Waals surface area contributed by atoms with E-state index in [4.69, 9.17) is 0 Å². The van der Waals surface area contributed by atoms with Crippen LogP contribution in [0.15, 0.2) is 53.2 Å². The zero-order valence-electron chi connectivity index (χ0n) is 18.4. The van der Waals surface area contributed by atoms with Gasteiger partial charge in [-0.15, -0.1) is 22.7 Å². The molecule has 0 radical (unpaired) electrons. The normalized spacial score (nSPS) is 16.1. The maximum Gasteiger partial charge on any atom is 0.264 e. The number of hydrogen-bond acceptors (Lipinski definition) is 4. The van der Waals surface area contributed by atoms with Crippen LogP contribution in [0.2, 0.25) is 0 Å². The standard InChI is InChI=1S/C25H28N2O2S2/c1-17-7-9-18(10-8-17)23-19-12-15-31-20(19)11-13-26(23)22(28)16-27(25(2,3)4)24(29)21-6-5-14-30-21/h5-10,12,14-15,23H,11,13,16H2,1-4H3. The smallest absolute Gasteiger partial charge is 0.264 e. The Hall–Kier alpha value is -2.44. The van der Waals surface area contributed by atoms with Crippen molar-refractivity contribution in [2.75, 3.05) is 13.1 Å². The zero-order valence-corrected chi connectivity index (χ0v) is 20.1. The molecule has 1 aromatic carbocycles. The molecule has 162 valence electrons. The Kier molecular flexibility index (Phi) is 6.04. The Bertz CT molecular complexity index is 1060. The number of nitrogens with zero attached hydrogens (tertiary/aromatic N) is 2. The van der Waals surface area contributed by atoms with Gasteiger partial charge in [0.05, 0.1) is 10.9 Å². The maximum absolute atomic E-state index is 13.7. The van der Waals surface area contributed by atoms with Crippen LogP contribution in [0.5, 0.6) is 0 Å². The van der Waals surface area contributed by atoms with E-state index in [0.29, 0.717) is 11.4 Å². The highest BCUT2D eigenvalue weighted by molar-refractivity contribution is 7.12. The monoisotopic (exact) mass is 452 g/mol. The molecule has 1 atom stereocenters. The van der Waals surface area contributed by atoms with E-state index >= 15 is 0 Å². The van der Waals surface area contributed by atoms with Gasteiger partial charge >= 0.3 is 0 Å². The van der Waals surface area contributed by atoms with Crippen LogP contribution in [0, 0.1) is 6.92 Å². The lowest BCUT2D eigenvalue weighted by Crippen LogP contribution is -2.52. The lowest BCUT2D eigenvalue weighted by Gasteiger charge is -2.40. The molecule has 1 unspecified atom stereocenters. The molecule has 31 heavy (non-hydrogen) atoms. The minimum Gasteiger partial charge on any atom is -0.330 e. The van der Waals surface area contributed by atoms with E-state index in [-0.39, 0.29) is 24.4 Å². The van der Waals surface area contributed by atoms with Gasteiger partial charge in [0.1, 0.15) is 6.54 Å². The van der Waals surface area contributed by atoms with Gasteiger partial charge < -0.3 is 9.80 Å². The molecule has 1 aliphatic rings. The van der Waals surface area contributed by atoms with Gasteiger partial charge in [0.2, 0.25) is 5.91 Å². The average Bonchev–Trinajstić information content (AvgIpc) is 3.42. The maximum atomic E-state index is 13.7. The summed E-state index contributed by atoms with van der Waals surface area (Å²) in [4.78, 5) is 32.5. The number of fused-ring (bicyclic) bond motifs is 1. The van der Waals surface area contributed by atoms with E-state index in [1.807, 2.05) is 43.2 Å². The minimum absolute atomic E-state index is 0.0118. The molecule has 0 N–H and O–H groups in total. The molecule has 3 heterocycles. The number of rotatable bonds is 4. The zero-order chi connectivity index (χ0) is 22.2. The van der Waals surface area contributed by atoms with Gasteiger partial charge in [-0.05, 0) is 68.1 Å². The molecule has 4 nitrogen and oxygen atoms in total. The fourth-order valence-corrected chi connectivity index (χ4v) is 5.64. The Morgan fingerprint density at radius 2 is 1.81 bits per heavy atom.